The van der Waals surface area contributed by atoms with Gasteiger partial charge in [0.05, 0.1) is 31.6 Å². The van der Waals surface area contributed by atoms with Gasteiger partial charge in [-0.2, -0.15) is 0 Å². The van der Waals surface area contributed by atoms with Gasteiger partial charge in [-0.3, -0.25) is 9.10 Å². The summed E-state index contributed by atoms with van der Waals surface area (Å²) in [7, 11) is -1.85. The van der Waals surface area contributed by atoms with E-state index >= 15 is 0 Å². The fraction of sp³-hybridized carbons (Fsp3) is 0.345. The molecule has 3 aromatic rings. The van der Waals surface area contributed by atoms with Crippen molar-refractivity contribution >= 4 is 21.6 Å². The van der Waals surface area contributed by atoms with Gasteiger partial charge in [0.1, 0.15) is 5.75 Å². The van der Waals surface area contributed by atoms with Gasteiger partial charge in [0, 0.05) is 5.56 Å². The van der Waals surface area contributed by atoms with Gasteiger partial charge in [-0.15, -0.1) is 0 Å². The van der Waals surface area contributed by atoms with Gasteiger partial charge >= 0.3 is 0 Å². The first-order valence-corrected chi connectivity index (χ1v) is 13.9. The molecule has 0 aliphatic heterocycles. The van der Waals surface area contributed by atoms with Crippen LogP contribution in [-0.2, 0) is 16.6 Å². The largest absolute Gasteiger partial charge is 0.496 e. The summed E-state index contributed by atoms with van der Waals surface area (Å²) in [5.41, 5.74) is 6.09. The van der Waals surface area contributed by atoms with Gasteiger partial charge in [0.15, 0.2) is 0 Å². The Hall–Kier alpha value is -3.32. The van der Waals surface area contributed by atoms with Crippen molar-refractivity contribution in [2.75, 3.05) is 17.7 Å². The first-order valence-electron chi connectivity index (χ1n) is 12.0. The Morgan fingerprint density at radius 3 is 2.14 bits per heavy atom. The molecule has 0 heterocycles. The maximum atomic E-state index is 13.0. The molecule has 6 nitrogen and oxygen atoms in total. The van der Waals surface area contributed by atoms with E-state index in [1.54, 1.807) is 31.4 Å². The van der Waals surface area contributed by atoms with Crippen molar-refractivity contribution in [3.63, 3.8) is 0 Å². The second-order valence-electron chi connectivity index (χ2n) is 9.54. The third-order valence-corrected chi connectivity index (χ3v) is 7.59. The second-order valence-corrected chi connectivity index (χ2v) is 11.5. The molecular weight excluding hydrogens is 472 g/mol. The zero-order chi connectivity index (χ0) is 26.6. The third kappa shape index (κ3) is 6.26. The molecule has 1 N–H and O–H groups in total. The summed E-state index contributed by atoms with van der Waals surface area (Å²) in [6.45, 7) is 10.4. The van der Waals surface area contributed by atoms with E-state index in [-0.39, 0.29) is 24.4 Å². The van der Waals surface area contributed by atoms with Gasteiger partial charge in [-0.1, -0.05) is 38.1 Å². The van der Waals surface area contributed by atoms with Crippen molar-refractivity contribution in [2.45, 2.75) is 53.1 Å². The van der Waals surface area contributed by atoms with E-state index in [1.165, 1.54) is 10.6 Å². The van der Waals surface area contributed by atoms with Crippen LogP contribution in [0.4, 0.5) is 5.69 Å². The molecular formula is C29H36N2O4S. The maximum absolute atomic E-state index is 13.0. The molecule has 0 aliphatic carbocycles. The van der Waals surface area contributed by atoms with Crippen LogP contribution >= 0.6 is 0 Å². The highest BCUT2D eigenvalue weighted by molar-refractivity contribution is 7.92. The van der Waals surface area contributed by atoms with Crippen molar-refractivity contribution in [1.82, 2.24) is 5.32 Å². The number of methoxy groups -OCH3 is 1. The molecule has 192 valence electrons. The van der Waals surface area contributed by atoms with E-state index < -0.39 is 10.0 Å². The van der Waals surface area contributed by atoms with Crippen molar-refractivity contribution in [3.05, 3.63) is 94.0 Å². The van der Waals surface area contributed by atoms with Crippen LogP contribution in [0.1, 0.15) is 70.9 Å². The van der Waals surface area contributed by atoms with Crippen LogP contribution in [-0.4, -0.2) is 27.7 Å². The Balaban J connectivity index is 1.81. The number of hydrogen-bond acceptors (Lipinski definition) is 4. The predicted octanol–water partition coefficient (Wildman–Crippen LogP) is 5.89. The molecule has 0 unspecified atom stereocenters. The number of ether oxygens (including phenoxy) is 1. The van der Waals surface area contributed by atoms with E-state index in [1.807, 2.05) is 51.1 Å². The predicted molar refractivity (Wildman–Crippen MR) is 146 cm³/mol. The topological polar surface area (TPSA) is 75.7 Å². The molecule has 3 rings (SSSR count). The molecule has 0 saturated carbocycles. The van der Waals surface area contributed by atoms with Crippen LogP contribution in [0.2, 0.25) is 0 Å². The molecule has 7 heteroatoms. The minimum atomic E-state index is -3.52. The van der Waals surface area contributed by atoms with Gasteiger partial charge in [-0.05, 0) is 90.9 Å². The number of sulfonamides is 1. The van der Waals surface area contributed by atoms with E-state index in [2.05, 4.69) is 25.2 Å². The van der Waals surface area contributed by atoms with Crippen LogP contribution in [0.3, 0.4) is 0 Å². The highest BCUT2D eigenvalue weighted by Crippen LogP contribution is 2.32. The zero-order valence-corrected chi connectivity index (χ0v) is 22.9. The van der Waals surface area contributed by atoms with Crippen LogP contribution < -0.4 is 14.4 Å². The fourth-order valence-corrected chi connectivity index (χ4v) is 5.17. The molecule has 3 aromatic carbocycles. The summed E-state index contributed by atoms with van der Waals surface area (Å²) in [6.07, 6.45) is 1.19. The number of carbonyl (C=O) groups is 1. The summed E-state index contributed by atoms with van der Waals surface area (Å²) >= 11 is 0. The second kappa shape index (κ2) is 11.2. The Morgan fingerprint density at radius 1 is 0.944 bits per heavy atom. The number of rotatable bonds is 9. The highest BCUT2D eigenvalue weighted by Gasteiger charge is 2.21. The SMILES string of the molecule is COc1cc(C)c([C@@H](C)NC(=O)c2ccc(N(Cc3ccccc3C)S(C)(=O)=O)cc2)cc1C(C)C. The number of anilines is 1. The minimum absolute atomic E-state index is 0.214. The summed E-state index contributed by atoms with van der Waals surface area (Å²) in [6, 6.07) is 18.3. The molecule has 0 aromatic heterocycles. The van der Waals surface area contributed by atoms with Crippen molar-refractivity contribution in [1.29, 1.82) is 0 Å². The molecule has 0 bridgehead atoms. The molecule has 0 saturated heterocycles. The third-order valence-electron chi connectivity index (χ3n) is 6.45. The number of nitrogens with one attached hydrogen (secondary N) is 1. The lowest BCUT2D eigenvalue weighted by Gasteiger charge is -2.24. The minimum Gasteiger partial charge on any atom is -0.496 e. The number of nitrogens with zero attached hydrogens (tertiary/aromatic N) is 1. The standard InChI is InChI=1S/C29H36N2O4S/c1-19(2)26-17-27(21(4)16-28(26)35-6)22(5)30-29(32)23-12-14-25(15-13-23)31(36(7,33)34)18-24-11-9-8-10-20(24)3/h8-17,19,22H,18H2,1-7H3,(H,30,32)/t22-/m1/s1. The van der Waals surface area contributed by atoms with Gasteiger partial charge < -0.3 is 10.1 Å². The molecule has 0 spiro atoms. The van der Waals surface area contributed by atoms with Crippen LogP contribution in [0.25, 0.3) is 0 Å². The fourth-order valence-electron chi connectivity index (χ4n) is 4.29. The molecule has 1 amide bonds. The maximum Gasteiger partial charge on any atom is 0.251 e. The van der Waals surface area contributed by atoms with E-state index in [9.17, 15) is 13.2 Å². The first kappa shape index (κ1) is 27.3. The molecule has 0 aliphatic rings. The van der Waals surface area contributed by atoms with Crippen LogP contribution in [0.5, 0.6) is 5.75 Å². The highest BCUT2D eigenvalue weighted by atomic mass is 32.2. The first-order chi connectivity index (χ1) is 16.9. The van der Waals surface area contributed by atoms with E-state index in [4.69, 9.17) is 4.74 Å². The Labute approximate surface area is 215 Å². The van der Waals surface area contributed by atoms with Crippen molar-refractivity contribution in [2.24, 2.45) is 0 Å². The Kier molecular flexibility index (Phi) is 8.46. The average molecular weight is 509 g/mol. The number of carbonyl (C=O) groups excluding carboxylic acids is 1. The number of benzene rings is 3. The average Bonchev–Trinajstić information content (AvgIpc) is 2.82. The normalized spacial score (nSPS) is 12.3. The van der Waals surface area contributed by atoms with E-state index in [0.717, 1.165) is 33.6 Å². The van der Waals surface area contributed by atoms with Crippen LogP contribution in [0, 0.1) is 13.8 Å². The zero-order valence-electron chi connectivity index (χ0n) is 22.1. The quantitative estimate of drug-likeness (QED) is 0.391. The summed E-state index contributed by atoms with van der Waals surface area (Å²) in [5, 5.41) is 3.07. The van der Waals surface area contributed by atoms with Gasteiger partial charge in [0.25, 0.3) is 5.91 Å². The van der Waals surface area contributed by atoms with Crippen LogP contribution in [0.15, 0.2) is 60.7 Å². The van der Waals surface area contributed by atoms with E-state index in [0.29, 0.717) is 11.3 Å². The number of amides is 1. The molecule has 1 atom stereocenters. The van der Waals surface area contributed by atoms with Crippen molar-refractivity contribution < 1.29 is 17.9 Å². The Bertz CT molecular complexity index is 1330. The van der Waals surface area contributed by atoms with Gasteiger partial charge in [0.2, 0.25) is 10.0 Å². The lowest BCUT2D eigenvalue weighted by Crippen LogP contribution is -2.30. The summed E-state index contributed by atoms with van der Waals surface area (Å²) in [4.78, 5) is 13.0. The van der Waals surface area contributed by atoms with Crippen molar-refractivity contribution in [3.8, 4) is 5.75 Å². The monoisotopic (exact) mass is 508 g/mol. The summed E-state index contributed by atoms with van der Waals surface area (Å²) in [5.74, 6) is 0.911. The molecule has 0 radical (unpaired) electrons. The Morgan fingerprint density at radius 2 is 1.58 bits per heavy atom. The number of hydrogen-bond donors (Lipinski definition) is 1. The lowest BCUT2D eigenvalue weighted by molar-refractivity contribution is 0.0940. The molecule has 36 heavy (non-hydrogen) atoms. The van der Waals surface area contributed by atoms with Gasteiger partial charge in [-0.25, -0.2) is 8.42 Å². The molecule has 0 fully saturated rings. The lowest BCUT2D eigenvalue weighted by atomic mass is 9.93. The summed E-state index contributed by atoms with van der Waals surface area (Å²) < 4.78 is 32.0. The smallest absolute Gasteiger partial charge is 0.251 e. The number of aryl methyl sites for hydroxylation is 2.